The van der Waals surface area contributed by atoms with Gasteiger partial charge in [-0.3, -0.25) is 4.79 Å². The molecule has 1 N–H and O–H groups in total. The molecule has 1 aromatic carbocycles. The molecule has 112 valence electrons. The minimum atomic E-state index is -0.442. The molecule has 0 bridgehead atoms. The Kier molecular flexibility index (Phi) is 5.80. The van der Waals surface area contributed by atoms with E-state index in [1.54, 1.807) is 30.5 Å². The minimum absolute atomic E-state index is 0.0618. The number of nitriles is 1. The van der Waals surface area contributed by atoms with Gasteiger partial charge >= 0.3 is 0 Å². The van der Waals surface area contributed by atoms with Crippen molar-refractivity contribution in [3.8, 4) is 6.07 Å². The zero-order valence-corrected chi connectivity index (χ0v) is 13.5. The molecule has 0 aliphatic rings. The molecule has 0 saturated heterocycles. The molecule has 4 nitrogen and oxygen atoms in total. The maximum atomic E-state index is 12.2. The monoisotopic (exact) mass is 305 g/mol. The van der Waals surface area contributed by atoms with Crippen molar-refractivity contribution in [3.05, 3.63) is 41.1 Å². The van der Waals surface area contributed by atoms with Gasteiger partial charge in [0.1, 0.15) is 11.6 Å². The Morgan fingerprint density at radius 2 is 2.14 bits per heavy atom. The van der Waals surface area contributed by atoms with E-state index in [0.717, 1.165) is 0 Å². The van der Waals surface area contributed by atoms with E-state index in [9.17, 15) is 10.1 Å². The van der Waals surface area contributed by atoms with Crippen LogP contribution in [0.5, 0.6) is 0 Å². The highest BCUT2D eigenvalue weighted by Crippen LogP contribution is 2.17. The lowest BCUT2D eigenvalue weighted by Gasteiger charge is -2.33. The second-order valence-electron chi connectivity index (χ2n) is 5.58. The largest absolute Gasteiger partial charge is 0.372 e. The van der Waals surface area contributed by atoms with Gasteiger partial charge in [0.05, 0.1) is 0 Å². The molecule has 0 spiro atoms. The van der Waals surface area contributed by atoms with Crippen LogP contribution in [0.25, 0.3) is 0 Å². The molecular formula is C16H20ClN3O. The number of nitrogens with one attached hydrogen (secondary N) is 1. The van der Waals surface area contributed by atoms with Crippen LogP contribution in [0.1, 0.15) is 27.7 Å². The molecule has 21 heavy (non-hydrogen) atoms. The first-order valence-corrected chi connectivity index (χ1v) is 7.11. The molecule has 0 heterocycles. The third-order valence-corrected chi connectivity index (χ3v) is 3.17. The fourth-order valence-corrected chi connectivity index (χ4v) is 2.01. The summed E-state index contributed by atoms with van der Waals surface area (Å²) >= 11 is 5.87. The van der Waals surface area contributed by atoms with Gasteiger partial charge in [-0.1, -0.05) is 17.7 Å². The summed E-state index contributed by atoms with van der Waals surface area (Å²) in [6.45, 7) is 8.76. The number of benzene rings is 1. The lowest BCUT2D eigenvalue weighted by Crippen LogP contribution is -2.37. The first kappa shape index (κ1) is 17.1. The fourth-order valence-electron chi connectivity index (χ4n) is 1.82. The molecule has 1 amide bonds. The predicted octanol–water partition coefficient (Wildman–Crippen LogP) is 3.81. The molecule has 0 unspecified atom stereocenters. The van der Waals surface area contributed by atoms with Gasteiger partial charge in [0.15, 0.2) is 0 Å². The van der Waals surface area contributed by atoms with Crippen LogP contribution in [0, 0.1) is 11.3 Å². The van der Waals surface area contributed by atoms with Crippen LogP contribution in [-0.4, -0.2) is 22.9 Å². The summed E-state index contributed by atoms with van der Waals surface area (Å²) in [7, 11) is 0. The third kappa shape index (κ3) is 5.13. The van der Waals surface area contributed by atoms with Crippen molar-refractivity contribution >= 4 is 23.2 Å². The lowest BCUT2D eigenvalue weighted by molar-refractivity contribution is -0.112. The Hall–Kier alpha value is -1.99. The summed E-state index contributed by atoms with van der Waals surface area (Å²) in [6, 6.07) is 8.76. The van der Waals surface area contributed by atoms with Gasteiger partial charge in [-0.25, -0.2) is 0 Å². The number of halogens is 1. The number of nitrogens with zero attached hydrogens (tertiary/aromatic N) is 2. The smallest absolute Gasteiger partial charge is 0.267 e. The Balaban J connectivity index is 2.94. The van der Waals surface area contributed by atoms with Gasteiger partial charge < -0.3 is 10.2 Å². The molecule has 0 radical (unpaired) electrons. The highest BCUT2D eigenvalue weighted by atomic mass is 35.5. The highest BCUT2D eigenvalue weighted by Gasteiger charge is 2.19. The van der Waals surface area contributed by atoms with Crippen molar-refractivity contribution in [2.75, 3.05) is 11.9 Å². The zero-order chi connectivity index (χ0) is 16.0. The number of hydrogen-bond acceptors (Lipinski definition) is 3. The predicted molar refractivity (Wildman–Crippen MR) is 85.9 cm³/mol. The molecular weight excluding hydrogens is 286 g/mol. The third-order valence-electron chi connectivity index (χ3n) is 2.93. The van der Waals surface area contributed by atoms with E-state index in [0.29, 0.717) is 17.3 Å². The van der Waals surface area contributed by atoms with Crippen LogP contribution in [0.4, 0.5) is 5.69 Å². The number of rotatable bonds is 4. The maximum Gasteiger partial charge on any atom is 0.267 e. The van der Waals surface area contributed by atoms with Gasteiger partial charge in [0, 0.05) is 29.0 Å². The lowest BCUT2D eigenvalue weighted by atomic mass is 10.1. The number of carbonyl (C=O) groups is 1. The Morgan fingerprint density at radius 3 is 2.62 bits per heavy atom. The van der Waals surface area contributed by atoms with Crippen LogP contribution in [-0.2, 0) is 4.79 Å². The van der Waals surface area contributed by atoms with E-state index in [2.05, 4.69) is 5.32 Å². The summed E-state index contributed by atoms with van der Waals surface area (Å²) in [4.78, 5) is 14.1. The summed E-state index contributed by atoms with van der Waals surface area (Å²) in [6.07, 6.45) is 1.60. The van der Waals surface area contributed by atoms with E-state index in [4.69, 9.17) is 11.6 Å². The van der Waals surface area contributed by atoms with E-state index >= 15 is 0 Å². The van der Waals surface area contributed by atoms with Crippen LogP contribution in [0.3, 0.4) is 0 Å². The quantitative estimate of drug-likeness (QED) is 0.680. The molecule has 0 aliphatic heterocycles. The molecule has 0 saturated carbocycles. The number of anilines is 1. The van der Waals surface area contributed by atoms with E-state index < -0.39 is 5.91 Å². The van der Waals surface area contributed by atoms with Crippen molar-refractivity contribution in [2.45, 2.75) is 33.2 Å². The van der Waals surface area contributed by atoms with E-state index in [-0.39, 0.29) is 11.1 Å². The topological polar surface area (TPSA) is 56.1 Å². The Bertz CT molecular complexity index is 582. The van der Waals surface area contributed by atoms with Crippen molar-refractivity contribution in [2.24, 2.45) is 0 Å². The first-order chi connectivity index (χ1) is 9.77. The van der Waals surface area contributed by atoms with Gasteiger partial charge in [0.25, 0.3) is 5.91 Å². The van der Waals surface area contributed by atoms with E-state index in [1.165, 1.54) is 0 Å². The average Bonchev–Trinajstić information content (AvgIpc) is 2.38. The van der Waals surface area contributed by atoms with Crippen LogP contribution >= 0.6 is 11.6 Å². The van der Waals surface area contributed by atoms with Crippen LogP contribution in [0.15, 0.2) is 36.0 Å². The molecule has 1 rings (SSSR count). The minimum Gasteiger partial charge on any atom is -0.372 e. The SMILES string of the molecule is CCN(/C=C(/C#N)C(=O)Nc1cccc(Cl)c1)C(C)(C)C. The molecule has 5 heteroatoms. The van der Waals surface area contributed by atoms with Gasteiger partial charge in [0.2, 0.25) is 0 Å². The molecule has 0 aromatic heterocycles. The molecule has 0 atom stereocenters. The molecule has 0 fully saturated rings. The van der Waals surface area contributed by atoms with Crippen molar-refractivity contribution in [1.82, 2.24) is 4.90 Å². The van der Waals surface area contributed by atoms with Gasteiger partial charge in [-0.05, 0) is 45.9 Å². The summed E-state index contributed by atoms with van der Waals surface area (Å²) in [5, 5.41) is 12.4. The summed E-state index contributed by atoms with van der Waals surface area (Å²) < 4.78 is 0. The van der Waals surface area contributed by atoms with Crippen molar-refractivity contribution in [1.29, 1.82) is 5.26 Å². The summed E-state index contributed by atoms with van der Waals surface area (Å²) in [5.41, 5.74) is 0.465. The zero-order valence-electron chi connectivity index (χ0n) is 12.8. The van der Waals surface area contributed by atoms with Crippen molar-refractivity contribution < 1.29 is 4.79 Å². The van der Waals surface area contributed by atoms with Crippen LogP contribution in [0.2, 0.25) is 5.02 Å². The second kappa shape index (κ2) is 7.14. The number of carbonyl (C=O) groups excluding carboxylic acids is 1. The fraction of sp³-hybridized carbons (Fsp3) is 0.375. The van der Waals surface area contributed by atoms with Crippen LogP contribution < -0.4 is 5.32 Å². The first-order valence-electron chi connectivity index (χ1n) is 6.73. The maximum absolute atomic E-state index is 12.2. The van der Waals surface area contributed by atoms with Crippen molar-refractivity contribution in [3.63, 3.8) is 0 Å². The average molecular weight is 306 g/mol. The highest BCUT2D eigenvalue weighted by molar-refractivity contribution is 6.31. The Morgan fingerprint density at radius 1 is 1.48 bits per heavy atom. The van der Waals surface area contributed by atoms with E-state index in [1.807, 2.05) is 38.7 Å². The van der Waals surface area contributed by atoms with Gasteiger partial charge in [-0.2, -0.15) is 5.26 Å². The molecule has 1 aromatic rings. The molecule has 0 aliphatic carbocycles. The number of hydrogen-bond donors (Lipinski definition) is 1. The van der Waals surface area contributed by atoms with Gasteiger partial charge in [-0.15, -0.1) is 0 Å². The second-order valence-corrected chi connectivity index (χ2v) is 6.01. The number of amides is 1. The summed E-state index contributed by atoms with van der Waals surface area (Å²) in [5.74, 6) is -0.442. The standard InChI is InChI=1S/C16H20ClN3O/c1-5-20(16(2,3)4)11-12(10-18)15(21)19-14-8-6-7-13(17)9-14/h6-9,11H,5H2,1-4H3,(H,19,21)/b12-11-. The Labute approximate surface area is 131 Å². The normalized spacial score (nSPS) is 11.7.